The highest BCUT2D eigenvalue weighted by Gasteiger charge is 2.56. The third kappa shape index (κ3) is 3.79. The summed E-state index contributed by atoms with van der Waals surface area (Å²) in [6.45, 7) is 0.839. The molecule has 2 fully saturated rings. The summed E-state index contributed by atoms with van der Waals surface area (Å²) in [5.74, 6) is -1.97. The molecule has 8 nitrogen and oxygen atoms in total. The molecule has 2 aliphatic rings. The number of nitrogens with zero attached hydrogens (tertiary/aromatic N) is 1. The van der Waals surface area contributed by atoms with Crippen LogP contribution in [-0.4, -0.2) is 53.8 Å². The monoisotopic (exact) mass is 373 g/mol. The van der Waals surface area contributed by atoms with Gasteiger partial charge in [-0.3, -0.25) is 19.2 Å². The molecule has 0 radical (unpaired) electrons. The first-order valence-electron chi connectivity index (χ1n) is 9.03. The summed E-state index contributed by atoms with van der Waals surface area (Å²) in [4.78, 5) is 49.4. The number of piperidine rings is 1. The number of rotatable bonds is 5. The summed E-state index contributed by atoms with van der Waals surface area (Å²) in [5.41, 5.74) is 0.0306. The highest BCUT2D eigenvalue weighted by molar-refractivity contribution is 6.13. The molecule has 1 heterocycles. The average Bonchev–Trinajstić information content (AvgIpc) is 3.49. The van der Waals surface area contributed by atoms with E-state index in [-0.39, 0.29) is 23.6 Å². The van der Waals surface area contributed by atoms with E-state index in [4.69, 9.17) is 5.11 Å². The van der Waals surface area contributed by atoms with Gasteiger partial charge in [0.1, 0.15) is 5.41 Å². The van der Waals surface area contributed by atoms with E-state index in [2.05, 4.69) is 10.6 Å². The second kappa shape index (κ2) is 7.38. The van der Waals surface area contributed by atoms with E-state index in [1.54, 1.807) is 29.2 Å². The van der Waals surface area contributed by atoms with Crippen LogP contribution in [0, 0.1) is 11.3 Å². The first kappa shape index (κ1) is 18.9. The van der Waals surface area contributed by atoms with Crippen LogP contribution in [0.1, 0.15) is 36.0 Å². The van der Waals surface area contributed by atoms with Gasteiger partial charge >= 0.3 is 5.97 Å². The van der Waals surface area contributed by atoms with Crippen LogP contribution in [0.2, 0.25) is 0 Å². The second-order valence-electron chi connectivity index (χ2n) is 7.10. The molecule has 1 saturated carbocycles. The summed E-state index contributed by atoms with van der Waals surface area (Å²) in [7, 11) is 1.51. The van der Waals surface area contributed by atoms with Crippen LogP contribution in [0.3, 0.4) is 0 Å². The molecule has 3 N–H and O–H groups in total. The van der Waals surface area contributed by atoms with Gasteiger partial charge in [-0.15, -0.1) is 0 Å². The van der Waals surface area contributed by atoms with Crippen LogP contribution >= 0.6 is 0 Å². The van der Waals surface area contributed by atoms with E-state index in [1.165, 1.54) is 7.05 Å². The fraction of sp³-hybridized carbons (Fsp3) is 0.474. The maximum atomic E-state index is 12.5. The highest BCUT2D eigenvalue weighted by atomic mass is 16.4. The molecule has 1 aliphatic heterocycles. The summed E-state index contributed by atoms with van der Waals surface area (Å²) in [5, 5.41) is 14.3. The van der Waals surface area contributed by atoms with Gasteiger partial charge in [0.15, 0.2) is 0 Å². The summed E-state index contributed by atoms with van der Waals surface area (Å²) in [6.07, 6.45) is 1.97. The van der Waals surface area contributed by atoms with Crippen molar-refractivity contribution in [1.29, 1.82) is 0 Å². The lowest BCUT2D eigenvalue weighted by Gasteiger charge is -2.30. The Labute approximate surface area is 156 Å². The Bertz CT molecular complexity index is 762. The molecule has 3 amide bonds. The molecule has 0 bridgehead atoms. The van der Waals surface area contributed by atoms with Crippen LogP contribution in [0.15, 0.2) is 24.3 Å². The minimum atomic E-state index is -0.974. The SMILES string of the molecule is CNC(=O)C1(C(=O)Nc2ccc(C(=O)N3CCC(C(=O)O)CC3)cc2)CC1. The minimum absolute atomic E-state index is 0.152. The molecule has 0 spiro atoms. The first-order chi connectivity index (χ1) is 12.9. The predicted octanol–water partition coefficient (Wildman–Crippen LogP) is 1.09. The molecular formula is C19H23N3O5. The number of anilines is 1. The number of carboxylic acid groups (broad SMARTS) is 1. The molecular weight excluding hydrogens is 350 g/mol. The molecule has 3 rings (SSSR count). The van der Waals surface area contributed by atoms with Crippen LogP contribution < -0.4 is 10.6 Å². The van der Waals surface area contributed by atoms with E-state index in [1.807, 2.05) is 0 Å². The molecule has 1 aromatic rings. The second-order valence-corrected chi connectivity index (χ2v) is 7.10. The number of nitrogens with one attached hydrogen (secondary N) is 2. The molecule has 0 aromatic heterocycles. The number of carboxylic acids is 1. The van der Waals surface area contributed by atoms with Crippen molar-refractivity contribution in [2.75, 3.05) is 25.5 Å². The van der Waals surface area contributed by atoms with E-state index in [0.717, 1.165) is 0 Å². The Morgan fingerprint density at radius 1 is 1.04 bits per heavy atom. The Balaban J connectivity index is 1.59. The summed E-state index contributed by atoms with van der Waals surface area (Å²) in [6, 6.07) is 6.52. The van der Waals surface area contributed by atoms with Crippen molar-refractivity contribution in [2.24, 2.45) is 11.3 Å². The first-order valence-corrected chi connectivity index (χ1v) is 9.03. The lowest BCUT2D eigenvalue weighted by atomic mass is 9.96. The van der Waals surface area contributed by atoms with E-state index < -0.39 is 11.4 Å². The maximum Gasteiger partial charge on any atom is 0.306 e. The van der Waals surface area contributed by atoms with Gasteiger partial charge in [0.25, 0.3) is 5.91 Å². The Kier molecular flexibility index (Phi) is 5.16. The predicted molar refractivity (Wildman–Crippen MR) is 97.1 cm³/mol. The summed E-state index contributed by atoms with van der Waals surface area (Å²) < 4.78 is 0. The van der Waals surface area contributed by atoms with Crippen molar-refractivity contribution in [2.45, 2.75) is 25.7 Å². The normalized spacial score (nSPS) is 18.5. The molecule has 0 atom stereocenters. The van der Waals surface area contributed by atoms with Crippen LogP contribution in [0.25, 0.3) is 0 Å². The Morgan fingerprint density at radius 3 is 2.11 bits per heavy atom. The lowest BCUT2D eigenvalue weighted by molar-refractivity contribution is -0.143. The number of carbonyl (C=O) groups excluding carboxylic acids is 3. The molecule has 1 aromatic carbocycles. The zero-order valence-electron chi connectivity index (χ0n) is 15.2. The number of hydrogen-bond acceptors (Lipinski definition) is 4. The number of carbonyl (C=O) groups is 4. The van der Waals surface area contributed by atoms with Gasteiger partial charge in [0.2, 0.25) is 11.8 Å². The number of hydrogen-bond donors (Lipinski definition) is 3. The third-order valence-electron chi connectivity index (χ3n) is 5.37. The fourth-order valence-electron chi connectivity index (χ4n) is 3.38. The highest BCUT2D eigenvalue weighted by Crippen LogP contribution is 2.46. The smallest absolute Gasteiger partial charge is 0.306 e. The van der Waals surface area contributed by atoms with Crippen LogP contribution in [0.4, 0.5) is 5.69 Å². The summed E-state index contributed by atoms with van der Waals surface area (Å²) >= 11 is 0. The Hall–Kier alpha value is -2.90. The quantitative estimate of drug-likeness (QED) is 0.668. The van der Waals surface area contributed by atoms with E-state index in [0.29, 0.717) is 50.0 Å². The number of amides is 3. The molecule has 0 unspecified atom stereocenters. The van der Waals surface area contributed by atoms with Gasteiger partial charge in [-0.05, 0) is 49.9 Å². The van der Waals surface area contributed by atoms with Gasteiger partial charge in [-0.2, -0.15) is 0 Å². The molecule has 8 heteroatoms. The standard InChI is InChI=1S/C19H23N3O5/c1-20-17(26)19(8-9-19)18(27)21-14-4-2-12(3-5-14)15(23)22-10-6-13(7-11-22)16(24)25/h2-5,13H,6-11H2,1H3,(H,20,26)(H,21,27)(H,24,25). The zero-order chi connectivity index (χ0) is 19.6. The fourth-order valence-corrected chi connectivity index (χ4v) is 3.38. The largest absolute Gasteiger partial charge is 0.481 e. The van der Waals surface area contributed by atoms with E-state index in [9.17, 15) is 19.2 Å². The number of aliphatic carboxylic acids is 1. The zero-order valence-corrected chi connectivity index (χ0v) is 15.2. The van der Waals surface area contributed by atoms with Crippen molar-refractivity contribution in [3.8, 4) is 0 Å². The maximum absolute atomic E-state index is 12.5. The number of benzene rings is 1. The molecule has 1 saturated heterocycles. The van der Waals surface area contributed by atoms with Gasteiger partial charge < -0.3 is 20.6 Å². The van der Waals surface area contributed by atoms with Gasteiger partial charge in [0.05, 0.1) is 5.92 Å². The van der Waals surface area contributed by atoms with Gasteiger partial charge in [0, 0.05) is 31.4 Å². The van der Waals surface area contributed by atoms with Crippen LogP contribution in [0.5, 0.6) is 0 Å². The van der Waals surface area contributed by atoms with Crippen molar-refractivity contribution in [3.63, 3.8) is 0 Å². The Morgan fingerprint density at radius 2 is 1.63 bits per heavy atom. The lowest BCUT2D eigenvalue weighted by Crippen LogP contribution is -2.40. The van der Waals surface area contributed by atoms with Crippen molar-refractivity contribution < 1.29 is 24.3 Å². The number of likely N-dealkylation sites (tertiary alicyclic amines) is 1. The average molecular weight is 373 g/mol. The molecule has 27 heavy (non-hydrogen) atoms. The van der Waals surface area contributed by atoms with Crippen molar-refractivity contribution in [1.82, 2.24) is 10.2 Å². The van der Waals surface area contributed by atoms with Crippen molar-refractivity contribution in [3.05, 3.63) is 29.8 Å². The van der Waals surface area contributed by atoms with Crippen molar-refractivity contribution >= 4 is 29.4 Å². The third-order valence-corrected chi connectivity index (χ3v) is 5.37. The topological polar surface area (TPSA) is 116 Å². The van der Waals surface area contributed by atoms with E-state index >= 15 is 0 Å². The van der Waals surface area contributed by atoms with Gasteiger partial charge in [-0.25, -0.2) is 0 Å². The van der Waals surface area contributed by atoms with Crippen LogP contribution in [-0.2, 0) is 14.4 Å². The molecule has 144 valence electrons. The van der Waals surface area contributed by atoms with Gasteiger partial charge in [-0.1, -0.05) is 0 Å². The molecule has 1 aliphatic carbocycles. The minimum Gasteiger partial charge on any atom is -0.481 e.